The van der Waals surface area contributed by atoms with Crippen molar-refractivity contribution in [3.05, 3.63) is 71.4 Å². The molecule has 3 atom stereocenters. The number of carbonyl (C=O) groups excluding carboxylic acids is 1. The van der Waals surface area contributed by atoms with Crippen molar-refractivity contribution in [2.75, 3.05) is 0 Å². The topological polar surface area (TPSA) is 87.1 Å². The molecular formula is C20H16N2O3. The zero-order valence-corrected chi connectivity index (χ0v) is 13.4. The Balaban J connectivity index is 1.78. The first-order chi connectivity index (χ1) is 12.2. The molecule has 0 amide bonds. The van der Waals surface area contributed by atoms with Gasteiger partial charge in [-0.15, -0.1) is 0 Å². The molecule has 0 saturated carbocycles. The fourth-order valence-corrected chi connectivity index (χ4v) is 3.72. The van der Waals surface area contributed by atoms with E-state index in [0.717, 1.165) is 5.56 Å². The van der Waals surface area contributed by atoms with Crippen LogP contribution in [0.25, 0.3) is 0 Å². The molecule has 0 saturated heterocycles. The van der Waals surface area contributed by atoms with Crippen LogP contribution in [0.2, 0.25) is 0 Å². The highest BCUT2D eigenvalue weighted by Crippen LogP contribution is 2.46. The largest absolute Gasteiger partial charge is 0.469 e. The molecule has 0 radical (unpaired) electrons. The lowest BCUT2D eigenvalue weighted by Gasteiger charge is -2.35. The van der Waals surface area contributed by atoms with E-state index in [0.29, 0.717) is 29.9 Å². The number of ether oxygens (including phenoxy) is 1. The standard InChI is InChI=1S/C20H16N2O3/c21-11-14-18(16-7-4-8-24-16)19-15(23)9-13(10-17(19)25-20(14)22)12-5-2-1-3-6-12/h1-8,13-14,18,22H,9-10H2. The predicted molar refractivity (Wildman–Crippen MR) is 89.8 cm³/mol. The van der Waals surface area contributed by atoms with Crippen molar-refractivity contribution in [2.24, 2.45) is 5.92 Å². The number of furan rings is 1. The second-order valence-corrected chi connectivity index (χ2v) is 6.34. The van der Waals surface area contributed by atoms with Gasteiger partial charge in [-0.3, -0.25) is 10.2 Å². The van der Waals surface area contributed by atoms with Crippen LogP contribution in [0, 0.1) is 22.7 Å². The van der Waals surface area contributed by atoms with Crippen molar-refractivity contribution in [2.45, 2.75) is 24.7 Å². The third-order valence-electron chi connectivity index (χ3n) is 4.88. The van der Waals surface area contributed by atoms with Crippen LogP contribution in [-0.2, 0) is 9.53 Å². The van der Waals surface area contributed by atoms with E-state index in [-0.39, 0.29) is 17.6 Å². The first kappa shape index (κ1) is 15.4. The highest BCUT2D eigenvalue weighted by Gasteiger charge is 2.45. The van der Waals surface area contributed by atoms with E-state index in [4.69, 9.17) is 14.6 Å². The van der Waals surface area contributed by atoms with Crippen LogP contribution in [0.1, 0.15) is 36.0 Å². The SMILES string of the molecule is N#CC1C(=N)OC2=C(C(=O)CC(c3ccccc3)C2)C1c1ccco1. The second kappa shape index (κ2) is 6.06. The smallest absolute Gasteiger partial charge is 0.205 e. The number of carbonyl (C=O) groups is 1. The number of nitrogens with zero attached hydrogens (tertiary/aromatic N) is 1. The quantitative estimate of drug-likeness (QED) is 0.903. The predicted octanol–water partition coefficient (Wildman–Crippen LogP) is 3.91. The molecule has 2 aliphatic rings. The van der Waals surface area contributed by atoms with Gasteiger partial charge in [0.2, 0.25) is 5.90 Å². The number of benzene rings is 1. The number of Topliss-reactive ketones (excluding diaryl/α,β-unsaturated/α-hetero) is 1. The summed E-state index contributed by atoms with van der Waals surface area (Å²) in [4.78, 5) is 12.9. The average Bonchev–Trinajstić information content (AvgIpc) is 3.15. The number of hydrogen-bond donors (Lipinski definition) is 1. The Morgan fingerprint density at radius 1 is 1.12 bits per heavy atom. The number of hydrogen-bond acceptors (Lipinski definition) is 5. The Morgan fingerprint density at radius 3 is 2.60 bits per heavy atom. The van der Waals surface area contributed by atoms with E-state index < -0.39 is 11.8 Å². The highest BCUT2D eigenvalue weighted by molar-refractivity contribution is 6.01. The summed E-state index contributed by atoms with van der Waals surface area (Å²) in [5.41, 5.74) is 1.57. The zero-order valence-electron chi connectivity index (χ0n) is 13.4. The summed E-state index contributed by atoms with van der Waals surface area (Å²) >= 11 is 0. The van der Waals surface area contributed by atoms with E-state index in [9.17, 15) is 10.1 Å². The monoisotopic (exact) mass is 332 g/mol. The van der Waals surface area contributed by atoms with Crippen LogP contribution < -0.4 is 0 Å². The lowest BCUT2D eigenvalue weighted by atomic mass is 9.73. The van der Waals surface area contributed by atoms with Crippen LogP contribution in [0.15, 0.2) is 64.5 Å². The summed E-state index contributed by atoms with van der Waals surface area (Å²) in [5.74, 6) is -0.520. The van der Waals surface area contributed by atoms with Crippen molar-refractivity contribution < 1.29 is 13.9 Å². The Morgan fingerprint density at radius 2 is 1.92 bits per heavy atom. The van der Waals surface area contributed by atoms with Crippen LogP contribution in [0.4, 0.5) is 0 Å². The number of rotatable bonds is 2. The van der Waals surface area contributed by atoms with Gasteiger partial charge in [0.05, 0.1) is 18.3 Å². The molecule has 5 heteroatoms. The Labute approximate surface area is 145 Å². The van der Waals surface area contributed by atoms with Gasteiger partial charge in [-0.05, 0) is 23.6 Å². The maximum atomic E-state index is 12.9. The maximum Gasteiger partial charge on any atom is 0.205 e. The molecule has 1 aromatic heterocycles. The fraction of sp³-hybridized carbons (Fsp3) is 0.250. The van der Waals surface area contributed by atoms with Gasteiger partial charge in [-0.2, -0.15) is 5.26 Å². The van der Waals surface area contributed by atoms with Crippen molar-refractivity contribution in [1.29, 1.82) is 10.7 Å². The van der Waals surface area contributed by atoms with Gasteiger partial charge in [0, 0.05) is 18.4 Å². The highest BCUT2D eigenvalue weighted by atomic mass is 16.5. The van der Waals surface area contributed by atoms with Crippen molar-refractivity contribution in [1.82, 2.24) is 0 Å². The lowest BCUT2D eigenvalue weighted by molar-refractivity contribution is -0.117. The van der Waals surface area contributed by atoms with Gasteiger partial charge in [0.15, 0.2) is 5.78 Å². The summed E-state index contributed by atoms with van der Waals surface area (Å²) in [7, 11) is 0. The molecule has 5 nitrogen and oxygen atoms in total. The summed E-state index contributed by atoms with van der Waals surface area (Å²) in [6.07, 6.45) is 2.43. The van der Waals surface area contributed by atoms with Gasteiger partial charge in [0.25, 0.3) is 0 Å². The minimum Gasteiger partial charge on any atom is -0.469 e. The lowest BCUT2D eigenvalue weighted by Crippen LogP contribution is -2.35. The normalized spacial score (nSPS) is 26.0. The first-order valence-corrected chi connectivity index (χ1v) is 8.19. The number of allylic oxidation sites excluding steroid dienone is 2. The number of nitrogens with one attached hydrogen (secondary N) is 1. The van der Waals surface area contributed by atoms with Crippen LogP contribution in [0.5, 0.6) is 0 Å². The Kier molecular flexibility index (Phi) is 3.73. The molecule has 3 unspecified atom stereocenters. The Bertz CT molecular complexity index is 891. The van der Waals surface area contributed by atoms with Crippen LogP contribution >= 0.6 is 0 Å². The Hall–Kier alpha value is -3.13. The molecule has 0 spiro atoms. The van der Waals surface area contributed by atoms with Crippen LogP contribution in [-0.4, -0.2) is 11.7 Å². The average molecular weight is 332 g/mol. The van der Waals surface area contributed by atoms with Crippen LogP contribution in [0.3, 0.4) is 0 Å². The van der Waals surface area contributed by atoms with Gasteiger partial charge in [-0.25, -0.2) is 0 Å². The fourth-order valence-electron chi connectivity index (χ4n) is 3.72. The first-order valence-electron chi connectivity index (χ1n) is 8.19. The van der Waals surface area contributed by atoms with Gasteiger partial charge >= 0.3 is 0 Å². The molecule has 1 aromatic carbocycles. The summed E-state index contributed by atoms with van der Waals surface area (Å²) < 4.78 is 11.1. The molecule has 1 aliphatic carbocycles. The molecule has 0 fully saturated rings. The van der Waals surface area contributed by atoms with Gasteiger partial charge in [0.1, 0.15) is 17.4 Å². The molecule has 25 heavy (non-hydrogen) atoms. The third-order valence-corrected chi connectivity index (χ3v) is 4.88. The van der Waals surface area contributed by atoms with Gasteiger partial charge in [-0.1, -0.05) is 30.3 Å². The van der Waals surface area contributed by atoms with Crippen molar-refractivity contribution >= 4 is 11.7 Å². The molecule has 0 bridgehead atoms. The van der Waals surface area contributed by atoms with E-state index in [2.05, 4.69) is 6.07 Å². The van der Waals surface area contributed by atoms with E-state index in [1.807, 2.05) is 30.3 Å². The van der Waals surface area contributed by atoms with E-state index >= 15 is 0 Å². The minimum absolute atomic E-state index is 0.0242. The summed E-state index contributed by atoms with van der Waals surface area (Å²) in [5, 5.41) is 17.6. The molecule has 4 rings (SSSR count). The molecular weight excluding hydrogens is 316 g/mol. The number of ketones is 1. The van der Waals surface area contributed by atoms with E-state index in [1.165, 1.54) is 6.26 Å². The maximum absolute atomic E-state index is 12.9. The molecule has 1 N–H and O–H groups in total. The van der Waals surface area contributed by atoms with Gasteiger partial charge < -0.3 is 9.15 Å². The second-order valence-electron chi connectivity index (χ2n) is 6.34. The summed E-state index contributed by atoms with van der Waals surface area (Å²) in [6, 6.07) is 15.4. The molecule has 124 valence electrons. The number of nitriles is 1. The summed E-state index contributed by atoms with van der Waals surface area (Å²) in [6.45, 7) is 0. The molecule has 2 aromatic rings. The molecule has 1 aliphatic heterocycles. The van der Waals surface area contributed by atoms with E-state index in [1.54, 1.807) is 12.1 Å². The molecule has 2 heterocycles. The minimum atomic E-state index is -0.845. The van der Waals surface area contributed by atoms with Crippen molar-refractivity contribution in [3.8, 4) is 6.07 Å². The van der Waals surface area contributed by atoms with Crippen molar-refractivity contribution in [3.63, 3.8) is 0 Å². The third kappa shape index (κ3) is 2.56. The zero-order chi connectivity index (χ0) is 17.4.